The minimum absolute atomic E-state index is 0.334. The van der Waals surface area contributed by atoms with Crippen LogP contribution in [0.3, 0.4) is 0 Å². The molecule has 9 heteroatoms. The fraction of sp³-hybridized carbons (Fsp3) is 0.208. The molecule has 0 fully saturated rings. The number of hydrogen-bond acceptors (Lipinski definition) is 4. The Hall–Kier alpha value is -3.78. The Morgan fingerprint density at radius 1 is 1.03 bits per heavy atom. The molecule has 0 saturated heterocycles. The van der Waals surface area contributed by atoms with Gasteiger partial charge in [-0.15, -0.1) is 0 Å². The summed E-state index contributed by atoms with van der Waals surface area (Å²) in [6.45, 7) is 2.03. The van der Waals surface area contributed by atoms with Gasteiger partial charge in [-0.2, -0.15) is 4.98 Å². The van der Waals surface area contributed by atoms with Crippen LogP contribution in [-0.4, -0.2) is 30.2 Å². The topological polar surface area (TPSA) is 75.5 Å². The highest BCUT2D eigenvalue weighted by atomic mass is 35.5. The number of fused-ring (bicyclic) bond motifs is 3. The average Bonchev–Trinajstić information content (AvgIpc) is 3.36. The molecule has 0 atom stereocenters. The smallest absolute Gasteiger partial charge is 0.332 e. The number of aryl methyl sites for hydroxylation is 2. The second kappa shape index (κ2) is 7.67. The van der Waals surface area contributed by atoms with Gasteiger partial charge in [-0.25, -0.2) is 4.79 Å². The van der Waals surface area contributed by atoms with Crippen LogP contribution in [0.25, 0.3) is 33.9 Å². The molecular formula is C24H22ClN5O3. The molecule has 8 nitrogen and oxygen atoms in total. The van der Waals surface area contributed by atoms with Gasteiger partial charge in [0.25, 0.3) is 5.56 Å². The van der Waals surface area contributed by atoms with Crippen LogP contribution in [0.2, 0.25) is 5.02 Å². The van der Waals surface area contributed by atoms with Crippen molar-refractivity contribution < 1.29 is 4.74 Å². The lowest BCUT2D eigenvalue weighted by Gasteiger charge is -2.13. The fourth-order valence-corrected chi connectivity index (χ4v) is 4.63. The molecule has 168 valence electrons. The zero-order chi connectivity index (χ0) is 23.4. The molecule has 5 rings (SSSR count). The first-order valence-electron chi connectivity index (χ1n) is 10.5. The van der Waals surface area contributed by atoms with Gasteiger partial charge in [-0.05, 0) is 24.6 Å². The molecule has 2 aromatic carbocycles. The maximum Gasteiger partial charge on any atom is 0.332 e. The minimum Gasteiger partial charge on any atom is -0.495 e. The number of nitrogens with zero attached hydrogens (tertiary/aromatic N) is 5. The predicted octanol–water partition coefficient (Wildman–Crippen LogP) is 3.57. The van der Waals surface area contributed by atoms with Crippen molar-refractivity contribution in [2.24, 2.45) is 14.1 Å². The molecule has 0 aliphatic heterocycles. The van der Waals surface area contributed by atoms with Crippen molar-refractivity contribution in [1.82, 2.24) is 23.1 Å². The number of hydrogen-bond donors (Lipinski definition) is 0. The van der Waals surface area contributed by atoms with Crippen LogP contribution in [0.4, 0.5) is 0 Å². The Balaban J connectivity index is 2.03. The summed E-state index contributed by atoms with van der Waals surface area (Å²) in [5, 5.41) is 0.457. The summed E-state index contributed by atoms with van der Waals surface area (Å²) in [5.41, 5.74) is 3.43. The standard InChI is InChI=1S/C24H22ClN5O3/c1-5-17-19(14-9-7-6-8-10-14)29(15-11-12-18(33-4)16(25)13-15)23-26-21-20(30(17)23)22(31)28(3)24(32)27(21)2/h6-13H,5H2,1-4H3. The van der Waals surface area contributed by atoms with Crippen molar-refractivity contribution in [3.63, 3.8) is 0 Å². The monoisotopic (exact) mass is 463 g/mol. The van der Waals surface area contributed by atoms with E-state index in [1.165, 1.54) is 11.6 Å². The van der Waals surface area contributed by atoms with E-state index in [-0.39, 0.29) is 5.56 Å². The molecule has 0 saturated carbocycles. The Morgan fingerprint density at radius 3 is 2.39 bits per heavy atom. The Labute approximate surface area is 193 Å². The van der Waals surface area contributed by atoms with Crippen molar-refractivity contribution in [2.75, 3.05) is 7.11 Å². The van der Waals surface area contributed by atoms with Crippen LogP contribution in [0.5, 0.6) is 5.75 Å². The molecule has 0 N–H and O–H groups in total. The van der Waals surface area contributed by atoms with Crippen molar-refractivity contribution >= 4 is 28.5 Å². The van der Waals surface area contributed by atoms with E-state index in [1.807, 2.05) is 58.4 Å². The van der Waals surface area contributed by atoms with Gasteiger partial charge in [0, 0.05) is 19.7 Å². The summed E-state index contributed by atoms with van der Waals surface area (Å²) >= 11 is 6.48. The first-order valence-corrected chi connectivity index (χ1v) is 10.9. The lowest BCUT2D eigenvalue weighted by Crippen LogP contribution is -2.37. The molecule has 0 aliphatic carbocycles. The molecule has 5 aromatic rings. The largest absolute Gasteiger partial charge is 0.495 e. The SMILES string of the molecule is CCc1c(-c2ccccc2)n(-c2ccc(OC)c(Cl)c2)c2nc3c(c(=O)n(C)c(=O)n3C)n12. The van der Waals surface area contributed by atoms with Gasteiger partial charge in [-0.3, -0.25) is 22.9 Å². The first kappa shape index (κ1) is 21.1. The quantitative estimate of drug-likeness (QED) is 0.408. The van der Waals surface area contributed by atoms with Crippen molar-refractivity contribution in [1.29, 1.82) is 0 Å². The maximum absolute atomic E-state index is 13.2. The molecule has 0 radical (unpaired) electrons. The molecule has 3 aromatic heterocycles. The zero-order valence-corrected chi connectivity index (χ0v) is 19.4. The second-order valence-corrected chi connectivity index (χ2v) is 8.20. The van der Waals surface area contributed by atoms with Gasteiger partial charge in [0.2, 0.25) is 5.78 Å². The average molecular weight is 464 g/mol. The summed E-state index contributed by atoms with van der Waals surface area (Å²) in [7, 11) is 4.67. The van der Waals surface area contributed by atoms with E-state index < -0.39 is 5.69 Å². The summed E-state index contributed by atoms with van der Waals surface area (Å²) < 4.78 is 11.7. The maximum atomic E-state index is 13.2. The summed E-state index contributed by atoms with van der Waals surface area (Å²) in [6.07, 6.45) is 0.634. The Kier molecular flexibility index (Phi) is 4.90. The molecule has 0 spiro atoms. The molecule has 0 amide bonds. The van der Waals surface area contributed by atoms with Crippen LogP contribution in [-0.2, 0) is 20.5 Å². The molecule has 3 heterocycles. The van der Waals surface area contributed by atoms with Crippen LogP contribution in [0, 0.1) is 0 Å². The summed E-state index contributed by atoms with van der Waals surface area (Å²) in [4.78, 5) is 30.6. The highest BCUT2D eigenvalue weighted by Gasteiger charge is 2.26. The Morgan fingerprint density at radius 2 is 1.76 bits per heavy atom. The van der Waals surface area contributed by atoms with Crippen LogP contribution in [0.15, 0.2) is 58.1 Å². The van der Waals surface area contributed by atoms with E-state index in [2.05, 4.69) is 0 Å². The van der Waals surface area contributed by atoms with E-state index in [9.17, 15) is 9.59 Å². The highest BCUT2D eigenvalue weighted by Crippen LogP contribution is 2.35. The second-order valence-electron chi connectivity index (χ2n) is 7.79. The van der Waals surface area contributed by atoms with Gasteiger partial charge in [-0.1, -0.05) is 48.9 Å². The number of imidazole rings is 2. The van der Waals surface area contributed by atoms with E-state index in [0.29, 0.717) is 34.1 Å². The number of methoxy groups -OCH3 is 1. The third-order valence-corrected chi connectivity index (χ3v) is 6.28. The normalized spacial score (nSPS) is 11.5. The molecule has 33 heavy (non-hydrogen) atoms. The Bertz CT molecular complexity index is 1660. The number of halogens is 1. The zero-order valence-electron chi connectivity index (χ0n) is 18.7. The predicted molar refractivity (Wildman–Crippen MR) is 129 cm³/mol. The van der Waals surface area contributed by atoms with Gasteiger partial charge in [0.1, 0.15) is 5.75 Å². The van der Waals surface area contributed by atoms with Crippen molar-refractivity contribution in [2.45, 2.75) is 13.3 Å². The van der Waals surface area contributed by atoms with Crippen molar-refractivity contribution in [3.05, 3.63) is 80.1 Å². The molecule has 0 aliphatic rings. The van der Waals surface area contributed by atoms with Crippen LogP contribution < -0.4 is 16.0 Å². The van der Waals surface area contributed by atoms with Crippen LogP contribution in [0.1, 0.15) is 12.6 Å². The number of ether oxygens (including phenoxy) is 1. The lowest BCUT2D eigenvalue weighted by molar-refractivity contribution is 0.415. The molecular weight excluding hydrogens is 442 g/mol. The van der Waals surface area contributed by atoms with Gasteiger partial charge in [0.05, 0.1) is 29.2 Å². The summed E-state index contributed by atoms with van der Waals surface area (Å²) in [6, 6.07) is 15.4. The minimum atomic E-state index is -0.423. The third kappa shape index (κ3) is 2.94. The van der Waals surface area contributed by atoms with E-state index in [0.717, 1.165) is 27.2 Å². The lowest BCUT2D eigenvalue weighted by atomic mass is 10.1. The van der Waals surface area contributed by atoms with Crippen molar-refractivity contribution in [3.8, 4) is 22.7 Å². The highest BCUT2D eigenvalue weighted by molar-refractivity contribution is 6.32. The van der Waals surface area contributed by atoms with E-state index in [4.69, 9.17) is 21.3 Å². The van der Waals surface area contributed by atoms with E-state index in [1.54, 1.807) is 20.2 Å². The van der Waals surface area contributed by atoms with Gasteiger partial charge >= 0.3 is 5.69 Å². The summed E-state index contributed by atoms with van der Waals surface area (Å²) in [5.74, 6) is 1.09. The first-order chi connectivity index (χ1) is 15.9. The molecule has 0 unspecified atom stereocenters. The number of benzene rings is 2. The third-order valence-electron chi connectivity index (χ3n) is 5.98. The fourth-order valence-electron chi connectivity index (χ4n) is 4.38. The number of rotatable bonds is 4. The van der Waals surface area contributed by atoms with Crippen LogP contribution >= 0.6 is 11.6 Å². The van der Waals surface area contributed by atoms with E-state index >= 15 is 0 Å². The van der Waals surface area contributed by atoms with Gasteiger partial charge in [0.15, 0.2) is 11.2 Å². The molecule has 0 bridgehead atoms. The number of aromatic nitrogens is 5. The van der Waals surface area contributed by atoms with Gasteiger partial charge < -0.3 is 4.74 Å².